The Morgan fingerprint density at radius 3 is 2.84 bits per heavy atom. The van der Waals surface area contributed by atoms with Gasteiger partial charge in [-0.25, -0.2) is 4.98 Å². The number of carbonyl (C=O) groups excluding carboxylic acids is 1. The summed E-state index contributed by atoms with van der Waals surface area (Å²) in [6.07, 6.45) is 3.35. The zero-order valence-corrected chi connectivity index (χ0v) is 10.4. The van der Waals surface area contributed by atoms with Crippen molar-refractivity contribution in [1.82, 2.24) is 9.97 Å². The highest BCUT2D eigenvalue weighted by atomic mass is 16.2. The molecule has 0 saturated heterocycles. The Bertz CT molecular complexity index is 619. The van der Waals surface area contributed by atoms with Gasteiger partial charge in [-0.15, -0.1) is 0 Å². The molecule has 2 aromatic rings. The lowest BCUT2D eigenvalue weighted by atomic mass is 10.2. The number of hydrogen-bond acceptors (Lipinski definition) is 4. The van der Waals surface area contributed by atoms with Crippen LogP contribution in [0.15, 0.2) is 42.7 Å². The molecule has 19 heavy (non-hydrogen) atoms. The highest BCUT2D eigenvalue weighted by molar-refractivity contribution is 6.05. The summed E-state index contributed by atoms with van der Waals surface area (Å²) in [7, 11) is 1.66. The predicted octanol–water partition coefficient (Wildman–Crippen LogP) is 1.82. The lowest BCUT2D eigenvalue weighted by Crippen LogP contribution is -2.27. The number of hydrogen-bond donors (Lipinski definition) is 0. The van der Waals surface area contributed by atoms with E-state index in [-0.39, 0.29) is 12.3 Å². The molecule has 0 radical (unpaired) electrons. The fraction of sp³-hybridized carbons (Fsp3) is 0.143. The van der Waals surface area contributed by atoms with Gasteiger partial charge in [-0.05, 0) is 24.3 Å². The summed E-state index contributed by atoms with van der Waals surface area (Å²) >= 11 is 0. The average Bonchev–Trinajstić information content (AvgIpc) is 2.47. The molecule has 0 aliphatic rings. The average molecular weight is 252 g/mol. The Kier molecular flexibility index (Phi) is 3.84. The second kappa shape index (κ2) is 5.74. The SMILES string of the molecule is CN(C(=O)c1ccnc(CC#N)c1)c1ccccn1. The lowest BCUT2D eigenvalue weighted by molar-refractivity contribution is 0.0992. The minimum Gasteiger partial charge on any atom is -0.296 e. The normalized spacial score (nSPS) is 9.68. The van der Waals surface area contributed by atoms with E-state index in [9.17, 15) is 4.79 Å². The van der Waals surface area contributed by atoms with Crippen LogP contribution >= 0.6 is 0 Å². The Labute approximate surface area is 111 Å². The zero-order chi connectivity index (χ0) is 13.7. The molecule has 0 N–H and O–H groups in total. The molecule has 0 aliphatic heterocycles. The molecule has 2 heterocycles. The molecule has 0 atom stereocenters. The van der Waals surface area contributed by atoms with E-state index in [0.717, 1.165) is 0 Å². The Hall–Kier alpha value is -2.74. The van der Waals surface area contributed by atoms with Gasteiger partial charge in [-0.1, -0.05) is 6.07 Å². The minimum absolute atomic E-state index is 0.180. The van der Waals surface area contributed by atoms with Crippen molar-refractivity contribution in [2.75, 3.05) is 11.9 Å². The quantitative estimate of drug-likeness (QED) is 0.835. The van der Waals surface area contributed by atoms with E-state index < -0.39 is 0 Å². The number of rotatable bonds is 3. The molecule has 0 spiro atoms. The summed E-state index contributed by atoms with van der Waals surface area (Å²) in [5.41, 5.74) is 1.08. The molecule has 0 aromatic carbocycles. The van der Waals surface area contributed by atoms with E-state index in [1.54, 1.807) is 37.5 Å². The summed E-state index contributed by atoms with van der Waals surface area (Å²) in [4.78, 5) is 21.9. The van der Waals surface area contributed by atoms with Crippen molar-refractivity contribution in [2.45, 2.75) is 6.42 Å². The number of amides is 1. The van der Waals surface area contributed by atoms with Crippen LogP contribution in [0.3, 0.4) is 0 Å². The van der Waals surface area contributed by atoms with Crippen molar-refractivity contribution < 1.29 is 4.79 Å². The Morgan fingerprint density at radius 1 is 1.32 bits per heavy atom. The third kappa shape index (κ3) is 2.93. The van der Waals surface area contributed by atoms with E-state index in [2.05, 4.69) is 9.97 Å². The van der Waals surface area contributed by atoms with Crippen molar-refractivity contribution in [3.8, 4) is 6.07 Å². The molecular formula is C14H12N4O. The molecular weight excluding hydrogens is 240 g/mol. The van der Waals surface area contributed by atoms with Gasteiger partial charge >= 0.3 is 0 Å². The molecule has 2 aromatic heterocycles. The van der Waals surface area contributed by atoms with Crippen molar-refractivity contribution in [3.05, 3.63) is 54.0 Å². The van der Waals surface area contributed by atoms with Gasteiger partial charge in [0.25, 0.3) is 5.91 Å². The summed E-state index contributed by atoms with van der Waals surface area (Å²) in [6.45, 7) is 0. The third-order valence-electron chi connectivity index (χ3n) is 2.62. The van der Waals surface area contributed by atoms with E-state index in [1.165, 1.54) is 11.1 Å². The maximum Gasteiger partial charge on any atom is 0.259 e. The molecule has 5 heteroatoms. The second-order valence-corrected chi connectivity index (χ2v) is 3.92. The highest BCUT2D eigenvalue weighted by Crippen LogP contribution is 2.12. The first-order chi connectivity index (χ1) is 9.22. The Morgan fingerprint density at radius 2 is 2.16 bits per heavy atom. The van der Waals surface area contributed by atoms with E-state index >= 15 is 0 Å². The fourth-order valence-corrected chi connectivity index (χ4v) is 1.64. The predicted molar refractivity (Wildman–Crippen MR) is 70.5 cm³/mol. The van der Waals surface area contributed by atoms with Crippen LogP contribution < -0.4 is 4.90 Å². The molecule has 0 unspecified atom stereocenters. The maximum absolute atomic E-state index is 12.3. The van der Waals surface area contributed by atoms with Gasteiger partial charge in [-0.2, -0.15) is 5.26 Å². The molecule has 5 nitrogen and oxygen atoms in total. The van der Waals surface area contributed by atoms with Gasteiger partial charge in [-0.3, -0.25) is 14.7 Å². The molecule has 0 fully saturated rings. The smallest absolute Gasteiger partial charge is 0.259 e. The van der Waals surface area contributed by atoms with E-state index in [4.69, 9.17) is 5.26 Å². The van der Waals surface area contributed by atoms with Crippen LogP contribution in [0.1, 0.15) is 16.1 Å². The van der Waals surface area contributed by atoms with Crippen molar-refractivity contribution in [3.63, 3.8) is 0 Å². The number of pyridine rings is 2. The van der Waals surface area contributed by atoms with Crippen LogP contribution in [0.4, 0.5) is 5.82 Å². The number of carbonyl (C=O) groups is 1. The number of anilines is 1. The molecule has 0 aliphatic carbocycles. The van der Waals surface area contributed by atoms with Crippen LogP contribution in [0.5, 0.6) is 0 Å². The van der Waals surface area contributed by atoms with Crippen LogP contribution in [0.2, 0.25) is 0 Å². The van der Waals surface area contributed by atoms with E-state index in [1.807, 2.05) is 12.1 Å². The van der Waals surface area contributed by atoms with Crippen LogP contribution in [-0.4, -0.2) is 22.9 Å². The van der Waals surface area contributed by atoms with E-state index in [0.29, 0.717) is 17.1 Å². The lowest BCUT2D eigenvalue weighted by Gasteiger charge is -2.16. The summed E-state index contributed by atoms with van der Waals surface area (Å²) in [6, 6.07) is 10.6. The zero-order valence-electron chi connectivity index (χ0n) is 10.4. The molecule has 2 rings (SSSR count). The monoisotopic (exact) mass is 252 g/mol. The largest absolute Gasteiger partial charge is 0.296 e. The van der Waals surface area contributed by atoms with Gasteiger partial charge in [0.1, 0.15) is 5.82 Å². The van der Waals surface area contributed by atoms with Gasteiger partial charge in [0.2, 0.25) is 0 Å². The molecule has 0 bridgehead atoms. The first-order valence-electron chi connectivity index (χ1n) is 5.73. The van der Waals surface area contributed by atoms with Crippen LogP contribution in [-0.2, 0) is 6.42 Å². The third-order valence-corrected chi connectivity index (χ3v) is 2.62. The first-order valence-corrected chi connectivity index (χ1v) is 5.73. The van der Waals surface area contributed by atoms with Gasteiger partial charge in [0, 0.05) is 25.0 Å². The van der Waals surface area contributed by atoms with Gasteiger partial charge < -0.3 is 0 Å². The standard InChI is InChI=1S/C14H12N4O/c1-18(13-4-2-3-8-17-13)14(19)11-6-9-16-12(10-11)5-7-15/h2-4,6,8-10H,5H2,1H3. The first kappa shape index (κ1) is 12.7. The summed E-state index contributed by atoms with van der Waals surface area (Å²) in [5.74, 6) is 0.395. The number of aromatic nitrogens is 2. The summed E-state index contributed by atoms with van der Waals surface area (Å²) < 4.78 is 0. The number of nitriles is 1. The second-order valence-electron chi connectivity index (χ2n) is 3.92. The molecule has 1 amide bonds. The van der Waals surface area contributed by atoms with Crippen LogP contribution in [0, 0.1) is 11.3 Å². The van der Waals surface area contributed by atoms with Crippen molar-refractivity contribution in [2.24, 2.45) is 0 Å². The van der Waals surface area contributed by atoms with Crippen LogP contribution in [0.25, 0.3) is 0 Å². The minimum atomic E-state index is -0.180. The Balaban J connectivity index is 2.25. The summed E-state index contributed by atoms with van der Waals surface area (Å²) in [5, 5.41) is 8.64. The molecule has 0 saturated carbocycles. The van der Waals surface area contributed by atoms with Gasteiger partial charge in [0.15, 0.2) is 0 Å². The highest BCUT2D eigenvalue weighted by Gasteiger charge is 2.14. The maximum atomic E-state index is 12.3. The van der Waals surface area contributed by atoms with Gasteiger partial charge in [0.05, 0.1) is 18.2 Å². The number of nitrogens with zero attached hydrogens (tertiary/aromatic N) is 4. The molecule has 94 valence electrons. The topological polar surface area (TPSA) is 69.9 Å². The fourth-order valence-electron chi connectivity index (χ4n) is 1.64. The van der Waals surface area contributed by atoms with Crippen molar-refractivity contribution >= 4 is 11.7 Å². The van der Waals surface area contributed by atoms with Crippen molar-refractivity contribution in [1.29, 1.82) is 5.26 Å².